The Morgan fingerprint density at radius 1 is 1.30 bits per heavy atom. The minimum Gasteiger partial charge on any atom is -0.379 e. The number of aromatic amines is 1. The van der Waals surface area contributed by atoms with E-state index in [1.807, 2.05) is 12.4 Å². The molecule has 1 N–H and O–H groups in total. The molecule has 2 fully saturated rings. The molecule has 1 amide bonds. The number of H-pyrrole nitrogens is 1. The van der Waals surface area contributed by atoms with Crippen molar-refractivity contribution in [3.05, 3.63) is 18.0 Å². The predicted molar refractivity (Wildman–Crippen MR) is 88.1 cm³/mol. The van der Waals surface area contributed by atoms with Gasteiger partial charge < -0.3 is 9.64 Å². The average molecular weight is 320 g/mol. The maximum Gasteiger partial charge on any atom is 0.222 e. The molecule has 0 aromatic carbocycles. The van der Waals surface area contributed by atoms with Crippen LogP contribution < -0.4 is 0 Å². The average Bonchev–Trinajstić information content (AvgIpc) is 3.09. The Morgan fingerprint density at radius 2 is 2.17 bits per heavy atom. The van der Waals surface area contributed by atoms with E-state index in [2.05, 4.69) is 20.0 Å². The molecule has 0 aliphatic carbocycles. The van der Waals surface area contributed by atoms with Gasteiger partial charge in [0.2, 0.25) is 5.91 Å². The lowest BCUT2D eigenvalue weighted by molar-refractivity contribution is -0.135. The third-order valence-corrected chi connectivity index (χ3v) is 4.93. The molecule has 0 bridgehead atoms. The number of ether oxygens (including phenoxy) is 1. The smallest absolute Gasteiger partial charge is 0.222 e. The summed E-state index contributed by atoms with van der Waals surface area (Å²) in [6, 6.07) is 0.392. The Bertz CT molecular complexity index is 471. The number of carbonyl (C=O) groups is 1. The maximum absolute atomic E-state index is 12.6. The maximum atomic E-state index is 12.6. The van der Waals surface area contributed by atoms with Crippen LogP contribution in [0, 0.1) is 0 Å². The van der Waals surface area contributed by atoms with Gasteiger partial charge in [0.05, 0.1) is 19.4 Å². The van der Waals surface area contributed by atoms with Crippen molar-refractivity contribution in [1.29, 1.82) is 0 Å². The Kier molecular flexibility index (Phi) is 6.05. The number of rotatable bonds is 6. The third kappa shape index (κ3) is 4.78. The van der Waals surface area contributed by atoms with Crippen LogP contribution in [0.5, 0.6) is 0 Å². The number of amides is 1. The highest BCUT2D eigenvalue weighted by atomic mass is 16.5. The highest BCUT2D eigenvalue weighted by molar-refractivity contribution is 5.76. The van der Waals surface area contributed by atoms with Crippen LogP contribution in [-0.4, -0.2) is 71.3 Å². The molecular formula is C17H28N4O2. The van der Waals surface area contributed by atoms with E-state index in [4.69, 9.17) is 4.74 Å². The lowest BCUT2D eigenvalue weighted by Gasteiger charge is -2.39. The molecule has 0 radical (unpaired) electrons. The van der Waals surface area contributed by atoms with E-state index in [-0.39, 0.29) is 0 Å². The summed E-state index contributed by atoms with van der Waals surface area (Å²) in [5.41, 5.74) is 1.18. The lowest BCUT2D eigenvalue weighted by Crippen LogP contribution is -2.51. The molecule has 1 atom stereocenters. The van der Waals surface area contributed by atoms with Crippen LogP contribution in [0.15, 0.2) is 12.4 Å². The zero-order valence-electron chi connectivity index (χ0n) is 13.9. The first kappa shape index (κ1) is 16.5. The first-order valence-corrected chi connectivity index (χ1v) is 8.90. The molecule has 6 nitrogen and oxygen atoms in total. The van der Waals surface area contributed by atoms with Crippen molar-refractivity contribution in [3.63, 3.8) is 0 Å². The normalized spacial score (nSPS) is 23.1. The molecule has 6 heteroatoms. The Hall–Kier alpha value is -1.40. The first-order chi connectivity index (χ1) is 11.3. The molecule has 2 saturated heterocycles. The van der Waals surface area contributed by atoms with Crippen LogP contribution in [0.2, 0.25) is 0 Å². The summed E-state index contributed by atoms with van der Waals surface area (Å²) in [7, 11) is 0. The molecular weight excluding hydrogens is 292 g/mol. The zero-order valence-corrected chi connectivity index (χ0v) is 13.9. The third-order valence-electron chi connectivity index (χ3n) is 4.93. The molecule has 1 aromatic heterocycles. The predicted octanol–water partition coefficient (Wildman–Crippen LogP) is 1.45. The quantitative estimate of drug-likeness (QED) is 0.862. The summed E-state index contributed by atoms with van der Waals surface area (Å²) in [5.74, 6) is 0.325. The van der Waals surface area contributed by atoms with Gasteiger partial charge in [-0.1, -0.05) is 0 Å². The number of aromatic nitrogens is 2. The van der Waals surface area contributed by atoms with E-state index in [0.717, 1.165) is 65.1 Å². The van der Waals surface area contributed by atoms with Crippen LogP contribution in [0.3, 0.4) is 0 Å². The molecule has 23 heavy (non-hydrogen) atoms. The van der Waals surface area contributed by atoms with E-state index >= 15 is 0 Å². The standard InChI is InChI=1S/C17H28N4O2/c22-17(6-3-4-15-12-18-19-13-15)21-7-2-1-5-16(21)14-20-8-10-23-11-9-20/h12-13,16H,1-11,14H2,(H,18,19)/t16-/m1/s1. The van der Waals surface area contributed by atoms with Crippen LogP contribution in [-0.2, 0) is 16.0 Å². The van der Waals surface area contributed by atoms with Crippen molar-refractivity contribution in [2.75, 3.05) is 39.4 Å². The second kappa shape index (κ2) is 8.45. The Labute approximate surface area is 138 Å². The number of hydrogen-bond donors (Lipinski definition) is 1. The van der Waals surface area contributed by atoms with Gasteiger partial charge in [0, 0.05) is 44.8 Å². The van der Waals surface area contributed by atoms with Crippen molar-refractivity contribution in [1.82, 2.24) is 20.0 Å². The lowest BCUT2D eigenvalue weighted by atomic mass is 10.00. The highest BCUT2D eigenvalue weighted by Gasteiger charge is 2.28. The number of nitrogens with one attached hydrogen (secondary N) is 1. The number of aryl methyl sites for hydroxylation is 1. The summed E-state index contributed by atoms with van der Waals surface area (Å²) in [5, 5.41) is 6.77. The largest absolute Gasteiger partial charge is 0.379 e. The molecule has 128 valence electrons. The van der Waals surface area contributed by atoms with Gasteiger partial charge in [0.15, 0.2) is 0 Å². The van der Waals surface area contributed by atoms with Gasteiger partial charge in [-0.05, 0) is 37.7 Å². The van der Waals surface area contributed by atoms with E-state index in [1.54, 1.807) is 0 Å². The fourth-order valence-electron chi connectivity index (χ4n) is 3.60. The molecule has 2 aliphatic rings. The van der Waals surface area contributed by atoms with Crippen LogP contribution in [0.1, 0.15) is 37.7 Å². The van der Waals surface area contributed by atoms with E-state index < -0.39 is 0 Å². The van der Waals surface area contributed by atoms with Gasteiger partial charge in [-0.3, -0.25) is 14.8 Å². The Balaban J connectivity index is 1.47. The summed E-state index contributed by atoms with van der Waals surface area (Å²) in [6.07, 6.45) is 9.75. The summed E-state index contributed by atoms with van der Waals surface area (Å²) in [4.78, 5) is 17.2. The second-order valence-corrected chi connectivity index (χ2v) is 6.61. The summed E-state index contributed by atoms with van der Waals surface area (Å²) < 4.78 is 5.42. The number of carbonyl (C=O) groups excluding carboxylic acids is 1. The molecule has 0 spiro atoms. The van der Waals surface area contributed by atoms with Gasteiger partial charge in [-0.15, -0.1) is 0 Å². The van der Waals surface area contributed by atoms with E-state index in [0.29, 0.717) is 18.4 Å². The van der Waals surface area contributed by atoms with Gasteiger partial charge in [0.1, 0.15) is 0 Å². The van der Waals surface area contributed by atoms with Crippen LogP contribution in [0.4, 0.5) is 0 Å². The summed E-state index contributed by atoms with van der Waals surface area (Å²) in [6.45, 7) is 5.59. The molecule has 3 rings (SSSR count). The highest BCUT2D eigenvalue weighted by Crippen LogP contribution is 2.20. The number of likely N-dealkylation sites (tertiary alicyclic amines) is 1. The minimum atomic E-state index is 0.325. The molecule has 0 unspecified atom stereocenters. The number of hydrogen-bond acceptors (Lipinski definition) is 4. The molecule has 3 heterocycles. The van der Waals surface area contributed by atoms with Crippen molar-refractivity contribution in [3.8, 4) is 0 Å². The van der Waals surface area contributed by atoms with Crippen molar-refractivity contribution < 1.29 is 9.53 Å². The monoisotopic (exact) mass is 320 g/mol. The van der Waals surface area contributed by atoms with Gasteiger partial charge in [0.25, 0.3) is 0 Å². The van der Waals surface area contributed by atoms with Crippen molar-refractivity contribution >= 4 is 5.91 Å². The Morgan fingerprint density at radius 3 is 2.96 bits per heavy atom. The molecule has 1 aromatic rings. The molecule has 0 saturated carbocycles. The van der Waals surface area contributed by atoms with Crippen molar-refractivity contribution in [2.24, 2.45) is 0 Å². The van der Waals surface area contributed by atoms with Gasteiger partial charge in [-0.25, -0.2) is 0 Å². The van der Waals surface area contributed by atoms with Gasteiger partial charge >= 0.3 is 0 Å². The number of nitrogens with zero attached hydrogens (tertiary/aromatic N) is 3. The molecule has 2 aliphatic heterocycles. The fourth-order valence-corrected chi connectivity index (χ4v) is 3.60. The number of morpholine rings is 1. The second-order valence-electron chi connectivity index (χ2n) is 6.61. The summed E-state index contributed by atoms with van der Waals surface area (Å²) >= 11 is 0. The minimum absolute atomic E-state index is 0.325. The zero-order chi connectivity index (χ0) is 15.9. The van der Waals surface area contributed by atoms with E-state index in [1.165, 1.54) is 12.0 Å². The fraction of sp³-hybridized carbons (Fsp3) is 0.765. The topological polar surface area (TPSA) is 61.5 Å². The SMILES string of the molecule is O=C(CCCc1cn[nH]c1)N1CCCC[C@@H]1CN1CCOCC1. The first-order valence-electron chi connectivity index (χ1n) is 8.90. The van der Waals surface area contributed by atoms with Crippen LogP contribution in [0.25, 0.3) is 0 Å². The van der Waals surface area contributed by atoms with E-state index in [9.17, 15) is 4.79 Å². The van der Waals surface area contributed by atoms with Crippen molar-refractivity contribution in [2.45, 2.75) is 44.6 Å². The van der Waals surface area contributed by atoms with Crippen LogP contribution >= 0.6 is 0 Å². The van der Waals surface area contributed by atoms with Gasteiger partial charge in [-0.2, -0.15) is 5.10 Å². The number of piperidine rings is 1.